The van der Waals surface area contributed by atoms with Crippen LogP contribution in [0.4, 0.5) is 10.5 Å². The number of aromatic amines is 1. The van der Waals surface area contributed by atoms with Crippen molar-refractivity contribution in [2.24, 2.45) is 0 Å². The molecule has 0 atom stereocenters. The summed E-state index contributed by atoms with van der Waals surface area (Å²) in [5.74, 6) is -0.354. The summed E-state index contributed by atoms with van der Waals surface area (Å²) in [5.41, 5.74) is 4.58. The highest BCUT2D eigenvalue weighted by atomic mass is 79.9. The molecule has 162 valence electrons. The molecule has 0 fully saturated rings. The number of nitrogens with one attached hydrogen (secondary N) is 2. The Bertz CT molecular complexity index is 1060. The van der Waals surface area contributed by atoms with Crippen molar-refractivity contribution < 1.29 is 14.3 Å². The highest BCUT2D eigenvalue weighted by Gasteiger charge is 2.22. The van der Waals surface area contributed by atoms with Crippen molar-refractivity contribution in [2.75, 3.05) is 11.9 Å². The van der Waals surface area contributed by atoms with Gasteiger partial charge >= 0.3 is 12.0 Å². The maximum absolute atomic E-state index is 13.2. The second-order valence-electron chi connectivity index (χ2n) is 7.23. The number of benzene rings is 2. The van der Waals surface area contributed by atoms with Crippen molar-refractivity contribution in [1.29, 1.82) is 0 Å². The van der Waals surface area contributed by atoms with Crippen LogP contribution in [0.15, 0.2) is 59.1 Å². The molecule has 0 aliphatic heterocycles. The fraction of sp³-hybridized carbons (Fsp3) is 0.250. The molecular formula is C24H26BrN3O3. The zero-order valence-electron chi connectivity index (χ0n) is 17.9. The van der Waals surface area contributed by atoms with Gasteiger partial charge in [-0.05, 0) is 50.1 Å². The predicted octanol–water partition coefficient (Wildman–Crippen LogP) is 5.81. The summed E-state index contributed by atoms with van der Waals surface area (Å²) in [6.45, 7) is 6.55. The van der Waals surface area contributed by atoms with Crippen LogP contribution in [-0.2, 0) is 17.8 Å². The van der Waals surface area contributed by atoms with Crippen molar-refractivity contribution in [3.8, 4) is 0 Å². The zero-order chi connectivity index (χ0) is 22.4. The van der Waals surface area contributed by atoms with Gasteiger partial charge in [0.2, 0.25) is 0 Å². The molecule has 0 radical (unpaired) electrons. The van der Waals surface area contributed by atoms with E-state index in [2.05, 4.69) is 26.2 Å². The number of carbonyl (C=O) groups excluding carboxylic acids is 2. The number of anilines is 1. The SMILES string of the molecule is CCOC(=O)c1c(C)[nH]c(CN(Cc2ccccc2)C(=O)Nc2cccc(Br)c2)c1C. The second-order valence-corrected chi connectivity index (χ2v) is 8.15. The lowest BCUT2D eigenvalue weighted by Crippen LogP contribution is -2.34. The quantitative estimate of drug-likeness (QED) is 0.416. The number of H-pyrrole nitrogens is 1. The number of nitrogens with zero attached hydrogens (tertiary/aromatic N) is 1. The maximum Gasteiger partial charge on any atom is 0.340 e. The Kier molecular flexibility index (Phi) is 7.52. The fourth-order valence-corrected chi connectivity index (χ4v) is 3.84. The number of ether oxygens (including phenoxy) is 1. The van der Waals surface area contributed by atoms with Crippen molar-refractivity contribution in [1.82, 2.24) is 9.88 Å². The molecular weight excluding hydrogens is 458 g/mol. The standard InChI is InChI=1S/C24H26BrN3O3/c1-4-31-23(29)22-16(2)21(26-17(22)3)15-28(14-18-9-6-5-7-10-18)24(30)27-20-12-8-11-19(25)13-20/h5-13,26H,4,14-15H2,1-3H3,(H,27,30). The number of rotatable bonds is 7. The van der Waals surface area contributed by atoms with E-state index in [4.69, 9.17) is 4.74 Å². The van der Waals surface area contributed by atoms with Gasteiger partial charge in [0, 0.05) is 28.1 Å². The monoisotopic (exact) mass is 483 g/mol. The lowest BCUT2D eigenvalue weighted by Gasteiger charge is -2.23. The second kappa shape index (κ2) is 10.3. The molecule has 31 heavy (non-hydrogen) atoms. The van der Waals surface area contributed by atoms with Crippen molar-refractivity contribution in [3.63, 3.8) is 0 Å². The van der Waals surface area contributed by atoms with E-state index in [0.29, 0.717) is 30.9 Å². The molecule has 2 amide bonds. The summed E-state index contributed by atoms with van der Waals surface area (Å²) in [7, 11) is 0. The number of amides is 2. The van der Waals surface area contributed by atoms with E-state index in [9.17, 15) is 9.59 Å². The minimum atomic E-state index is -0.354. The third kappa shape index (κ3) is 5.76. The molecule has 1 aromatic heterocycles. The first-order chi connectivity index (χ1) is 14.9. The largest absolute Gasteiger partial charge is 0.462 e. The van der Waals surface area contributed by atoms with Crippen LogP contribution in [-0.4, -0.2) is 28.5 Å². The molecule has 1 heterocycles. The van der Waals surface area contributed by atoms with E-state index in [1.807, 2.05) is 68.4 Å². The van der Waals surface area contributed by atoms with Crippen LogP contribution >= 0.6 is 15.9 Å². The Labute approximate surface area is 190 Å². The number of esters is 1. The summed E-state index contributed by atoms with van der Waals surface area (Å²) < 4.78 is 6.07. The molecule has 0 saturated heterocycles. The van der Waals surface area contributed by atoms with Crippen LogP contribution in [0.5, 0.6) is 0 Å². The van der Waals surface area contributed by atoms with E-state index >= 15 is 0 Å². The molecule has 0 spiro atoms. The van der Waals surface area contributed by atoms with E-state index < -0.39 is 0 Å². The normalized spacial score (nSPS) is 10.6. The third-order valence-electron chi connectivity index (χ3n) is 4.95. The van der Waals surface area contributed by atoms with E-state index in [-0.39, 0.29) is 12.0 Å². The summed E-state index contributed by atoms with van der Waals surface area (Å²) in [6, 6.07) is 17.0. The molecule has 0 unspecified atom stereocenters. The molecule has 2 aromatic carbocycles. The fourth-order valence-electron chi connectivity index (χ4n) is 3.45. The Morgan fingerprint density at radius 2 is 1.81 bits per heavy atom. The average molecular weight is 484 g/mol. The van der Waals surface area contributed by atoms with Gasteiger partial charge in [0.25, 0.3) is 0 Å². The summed E-state index contributed by atoms with van der Waals surface area (Å²) in [4.78, 5) is 30.5. The molecule has 6 nitrogen and oxygen atoms in total. The molecule has 7 heteroatoms. The number of aromatic nitrogens is 1. The van der Waals surface area contributed by atoms with E-state index in [0.717, 1.165) is 27.0 Å². The lowest BCUT2D eigenvalue weighted by atomic mass is 10.1. The number of hydrogen-bond acceptors (Lipinski definition) is 3. The Hall–Kier alpha value is -3.06. The van der Waals surface area contributed by atoms with Gasteiger partial charge < -0.3 is 19.9 Å². The van der Waals surface area contributed by atoms with Crippen LogP contribution < -0.4 is 5.32 Å². The Morgan fingerprint density at radius 3 is 2.48 bits per heavy atom. The summed E-state index contributed by atoms with van der Waals surface area (Å²) in [5, 5.41) is 2.96. The van der Waals surface area contributed by atoms with Gasteiger partial charge in [0.15, 0.2) is 0 Å². The van der Waals surface area contributed by atoms with Crippen LogP contribution in [0, 0.1) is 13.8 Å². The first-order valence-electron chi connectivity index (χ1n) is 10.1. The van der Waals surface area contributed by atoms with Gasteiger partial charge in [-0.15, -0.1) is 0 Å². The molecule has 3 rings (SSSR count). The topological polar surface area (TPSA) is 74.4 Å². The molecule has 0 saturated carbocycles. The van der Waals surface area contributed by atoms with Gasteiger partial charge in [0.05, 0.1) is 18.7 Å². The van der Waals surface area contributed by atoms with Gasteiger partial charge in [-0.25, -0.2) is 9.59 Å². The number of urea groups is 1. The van der Waals surface area contributed by atoms with E-state index in [1.54, 1.807) is 11.8 Å². The zero-order valence-corrected chi connectivity index (χ0v) is 19.5. The Balaban J connectivity index is 1.87. The molecule has 0 aliphatic rings. The smallest absolute Gasteiger partial charge is 0.340 e. The van der Waals surface area contributed by atoms with Crippen molar-refractivity contribution in [3.05, 3.63) is 87.1 Å². The predicted molar refractivity (Wildman–Crippen MR) is 125 cm³/mol. The minimum absolute atomic E-state index is 0.230. The Morgan fingerprint density at radius 1 is 1.06 bits per heavy atom. The van der Waals surface area contributed by atoms with Crippen molar-refractivity contribution in [2.45, 2.75) is 33.9 Å². The molecule has 3 aromatic rings. The first kappa shape index (κ1) is 22.6. The van der Waals surface area contributed by atoms with Gasteiger partial charge in [-0.1, -0.05) is 52.3 Å². The van der Waals surface area contributed by atoms with Gasteiger partial charge in [0.1, 0.15) is 0 Å². The first-order valence-corrected chi connectivity index (χ1v) is 10.9. The highest BCUT2D eigenvalue weighted by Crippen LogP contribution is 2.22. The summed E-state index contributed by atoms with van der Waals surface area (Å²) >= 11 is 3.43. The molecule has 0 aliphatic carbocycles. The summed E-state index contributed by atoms with van der Waals surface area (Å²) in [6.07, 6.45) is 0. The van der Waals surface area contributed by atoms with Crippen LogP contribution in [0.3, 0.4) is 0 Å². The maximum atomic E-state index is 13.2. The highest BCUT2D eigenvalue weighted by molar-refractivity contribution is 9.10. The number of hydrogen-bond donors (Lipinski definition) is 2. The number of carbonyl (C=O) groups is 2. The number of halogens is 1. The minimum Gasteiger partial charge on any atom is -0.462 e. The van der Waals surface area contributed by atoms with Gasteiger partial charge in [-0.3, -0.25) is 0 Å². The number of aryl methyl sites for hydroxylation is 1. The van der Waals surface area contributed by atoms with Crippen LogP contribution in [0.25, 0.3) is 0 Å². The van der Waals surface area contributed by atoms with Crippen LogP contribution in [0.2, 0.25) is 0 Å². The molecule has 0 bridgehead atoms. The third-order valence-corrected chi connectivity index (χ3v) is 5.44. The molecule has 2 N–H and O–H groups in total. The lowest BCUT2D eigenvalue weighted by molar-refractivity contribution is 0.0525. The van der Waals surface area contributed by atoms with E-state index in [1.165, 1.54) is 0 Å². The van der Waals surface area contributed by atoms with Gasteiger partial charge in [-0.2, -0.15) is 0 Å². The average Bonchev–Trinajstić information content (AvgIpc) is 3.01. The van der Waals surface area contributed by atoms with Crippen LogP contribution in [0.1, 0.15) is 39.8 Å². The van der Waals surface area contributed by atoms with Crippen molar-refractivity contribution >= 4 is 33.6 Å².